The van der Waals surface area contributed by atoms with E-state index in [0.29, 0.717) is 4.67 Å². The minimum absolute atomic E-state index is 0.454. The summed E-state index contributed by atoms with van der Waals surface area (Å²) in [4.78, 5) is 26.5. The van der Waals surface area contributed by atoms with Crippen molar-refractivity contribution in [3.8, 4) is 0 Å². The first-order valence-electron chi connectivity index (χ1n) is 3.36. The molecule has 0 fully saturated rings. The van der Waals surface area contributed by atoms with Gasteiger partial charge >= 0.3 is 45.5 Å². The molecule has 11 heteroatoms. The molecule has 0 saturated carbocycles. The van der Waals surface area contributed by atoms with Gasteiger partial charge in [0.25, 0.3) is 0 Å². The van der Waals surface area contributed by atoms with Gasteiger partial charge < -0.3 is 14.9 Å². The summed E-state index contributed by atoms with van der Waals surface area (Å²) in [6, 6.07) is 0. The predicted octanol–water partition coefficient (Wildman–Crippen LogP) is -1.93. The number of aliphatic carboxylic acids is 1. The van der Waals surface area contributed by atoms with Gasteiger partial charge in [0.2, 0.25) is 0 Å². The number of hydrogen-bond acceptors (Lipinski definition) is 3. The quantitative estimate of drug-likeness (QED) is 0.296. The second-order valence-electron chi connectivity index (χ2n) is 2.56. The molecule has 0 bridgehead atoms. The number of hydrogen-bond donors (Lipinski definition) is 5. The first kappa shape index (κ1) is 17.3. The Hall–Kier alpha value is -0.142. The van der Waals surface area contributed by atoms with Gasteiger partial charge in [0.1, 0.15) is 6.54 Å². The van der Waals surface area contributed by atoms with E-state index >= 15 is 0 Å². The minimum atomic E-state index is -4.36. The average Bonchev–Trinajstić information content (AvgIpc) is 1.78. The van der Waals surface area contributed by atoms with Gasteiger partial charge in [-0.3, -0.25) is 4.79 Å². The number of carboxylic acids is 1. The molecule has 0 aliphatic carbocycles. The molecule has 9 nitrogen and oxygen atoms in total. The Morgan fingerprint density at radius 2 is 1.67 bits per heavy atom. The standard InChI is InChI=1S/C3H8NO5P.CH5AsO3/c1-4(2-3(5)6)10(7,8)9;1-2(3,4)5/h2H2,1H3,(H,5,6)(H2,7,8,9);1H3,(H2,3,4,5). The van der Waals surface area contributed by atoms with Crippen molar-refractivity contribution in [2.24, 2.45) is 0 Å². The molecule has 0 aliphatic rings. The average molecular weight is 309 g/mol. The van der Waals surface area contributed by atoms with Crippen LogP contribution in [0.3, 0.4) is 0 Å². The molecule has 15 heavy (non-hydrogen) atoms. The van der Waals surface area contributed by atoms with Crippen molar-refractivity contribution in [3.63, 3.8) is 0 Å². The van der Waals surface area contributed by atoms with Crippen molar-refractivity contribution in [1.29, 1.82) is 0 Å². The van der Waals surface area contributed by atoms with E-state index in [0.717, 1.165) is 12.8 Å². The van der Waals surface area contributed by atoms with E-state index in [1.165, 1.54) is 0 Å². The summed E-state index contributed by atoms with van der Waals surface area (Å²) in [7, 11) is -3.32. The van der Waals surface area contributed by atoms with Crippen molar-refractivity contribution in [3.05, 3.63) is 0 Å². The predicted molar refractivity (Wildman–Crippen MR) is 49.1 cm³/mol. The second-order valence-corrected chi connectivity index (χ2v) is 7.77. The molecule has 0 atom stereocenters. The summed E-state index contributed by atoms with van der Waals surface area (Å²) >= 11 is -4.12. The summed E-state index contributed by atoms with van der Waals surface area (Å²) in [5.41, 5.74) is 0.915. The number of carbonyl (C=O) groups is 1. The molecule has 5 N–H and O–H groups in total. The maximum absolute atomic E-state index is 10.2. The van der Waals surface area contributed by atoms with E-state index < -0.39 is 34.4 Å². The van der Waals surface area contributed by atoms with Gasteiger partial charge in [0.15, 0.2) is 0 Å². The van der Waals surface area contributed by atoms with E-state index in [-0.39, 0.29) is 0 Å². The first-order chi connectivity index (χ1) is 6.34. The van der Waals surface area contributed by atoms with E-state index in [1.54, 1.807) is 0 Å². The van der Waals surface area contributed by atoms with Crippen LogP contribution in [0.1, 0.15) is 0 Å². The summed E-state index contributed by atoms with van der Waals surface area (Å²) in [6.07, 6.45) is 0. The summed E-state index contributed by atoms with van der Waals surface area (Å²) in [5, 5.41) is 8.06. The molecule has 0 unspecified atom stereocenters. The molecule has 0 aliphatic heterocycles. The second kappa shape index (κ2) is 6.44. The Morgan fingerprint density at radius 1 is 1.40 bits per heavy atom. The van der Waals surface area contributed by atoms with Gasteiger partial charge in [-0.25, -0.2) is 9.24 Å². The van der Waals surface area contributed by atoms with Crippen LogP contribution in [0.2, 0.25) is 5.71 Å². The molecular formula is C4H13AsNO8P. The fourth-order valence-corrected chi connectivity index (χ4v) is 0.593. The Bertz CT molecular complexity index is 285. The van der Waals surface area contributed by atoms with Crippen molar-refractivity contribution >= 4 is 27.9 Å². The Balaban J connectivity index is 0. The van der Waals surface area contributed by atoms with Crippen LogP contribution in [0.5, 0.6) is 0 Å². The Kier molecular flexibility index (Phi) is 7.41. The third-order valence-electron chi connectivity index (χ3n) is 0.809. The molecule has 0 amide bonds. The molecule has 0 aromatic rings. The molecule has 0 heterocycles. The summed E-state index contributed by atoms with van der Waals surface area (Å²) in [6.45, 7) is -0.662. The van der Waals surface area contributed by atoms with E-state index in [2.05, 4.69) is 0 Å². The molecule has 0 radical (unpaired) electrons. The van der Waals surface area contributed by atoms with Crippen LogP contribution in [0, 0.1) is 0 Å². The van der Waals surface area contributed by atoms with Crippen molar-refractivity contribution < 1.29 is 36.2 Å². The zero-order chi connectivity index (χ0) is 12.9. The number of carboxylic acid groups (broad SMARTS) is 1. The van der Waals surface area contributed by atoms with Crippen LogP contribution in [-0.4, -0.2) is 61.5 Å². The number of nitrogens with zero attached hydrogens (tertiary/aromatic N) is 1. The third kappa shape index (κ3) is 20.1. The number of rotatable bonds is 3. The van der Waals surface area contributed by atoms with Gasteiger partial charge in [-0.1, -0.05) is 0 Å². The monoisotopic (exact) mass is 309 g/mol. The van der Waals surface area contributed by atoms with E-state index in [4.69, 9.17) is 23.1 Å². The SMILES string of the molecule is CN(CC(=O)O)P(=O)(O)O.C[As](=O)(O)O. The molecule has 0 rings (SSSR count). The molecule has 0 spiro atoms. The topological polar surface area (TPSA) is 156 Å². The molecule has 0 aromatic heterocycles. The third-order valence-corrected chi connectivity index (χ3v) is 1.84. The molecule has 0 aromatic carbocycles. The number of likely N-dealkylation sites (N-methyl/N-ethyl adjacent to an activating group) is 1. The van der Waals surface area contributed by atoms with E-state index in [1.807, 2.05) is 0 Å². The van der Waals surface area contributed by atoms with Crippen LogP contribution in [-0.2, 0) is 13.1 Å². The fourth-order valence-electron chi connectivity index (χ4n) is 0.288. The normalized spacial score (nSPS) is 11.9. The van der Waals surface area contributed by atoms with Crippen molar-refractivity contribution in [2.45, 2.75) is 5.71 Å². The van der Waals surface area contributed by atoms with Crippen molar-refractivity contribution in [2.75, 3.05) is 13.6 Å². The Morgan fingerprint density at radius 3 is 1.73 bits per heavy atom. The van der Waals surface area contributed by atoms with Crippen LogP contribution >= 0.6 is 7.75 Å². The zero-order valence-corrected chi connectivity index (χ0v) is 10.8. The first-order valence-corrected chi connectivity index (χ1v) is 9.24. The summed E-state index contributed by atoms with van der Waals surface area (Å²) in [5.74, 6) is -1.27. The van der Waals surface area contributed by atoms with Gasteiger partial charge in [0, 0.05) is 0 Å². The fraction of sp³-hybridized carbons (Fsp3) is 0.750. The van der Waals surface area contributed by atoms with E-state index in [9.17, 15) is 13.1 Å². The molecule has 0 saturated heterocycles. The van der Waals surface area contributed by atoms with Gasteiger partial charge in [0.05, 0.1) is 0 Å². The van der Waals surface area contributed by atoms with Crippen LogP contribution in [0.25, 0.3) is 0 Å². The molecule has 92 valence electrons. The van der Waals surface area contributed by atoms with Crippen LogP contribution < -0.4 is 0 Å². The Labute approximate surface area is 88.5 Å². The summed E-state index contributed by atoms with van der Waals surface area (Å²) < 4.78 is 35.5. The van der Waals surface area contributed by atoms with Crippen LogP contribution in [0.4, 0.5) is 0 Å². The van der Waals surface area contributed by atoms with Gasteiger partial charge in [-0.05, 0) is 7.05 Å². The van der Waals surface area contributed by atoms with Gasteiger partial charge in [-0.2, -0.15) is 0 Å². The van der Waals surface area contributed by atoms with Gasteiger partial charge in [-0.15, -0.1) is 0 Å². The van der Waals surface area contributed by atoms with Crippen LogP contribution in [0.15, 0.2) is 0 Å². The zero-order valence-electron chi connectivity index (χ0n) is 8.01. The maximum atomic E-state index is 10.2. The van der Waals surface area contributed by atoms with Crippen molar-refractivity contribution in [1.82, 2.24) is 4.67 Å². The molecular weight excluding hydrogens is 296 g/mol.